The highest BCUT2D eigenvalue weighted by molar-refractivity contribution is 5.80. The fourth-order valence-electron chi connectivity index (χ4n) is 1.74. The molecule has 1 rings (SSSR count). The van der Waals surface area contributed by atoms with Crippen LogP contribution >= 0.6 is 0 Å². The molecule has 2 N–H and O–H groups in total. The Bertz CT molecular complexity index is 231. The van der Waals surface area contributed by atoms with Gasteiger partial charge in [0, 0.05) is 32.8 Å². The summed E-state index contributed by atoms with van der Waals surface area (Å²) < 4.78 is 5.02. The summed E-state index contributed by atoms with van der Waals surface area (Å²) in [5, 5.41) is 6.75. The van der Waals surface area contributed by atoms with Crippen molar-refractivity contribution in [1.82, 2.24) is 10.6 Å². The van der Waals surface area contributed by atoms with E-state index in [9.17, 15) is 0 Å². The van der Waals surface area contributed by atoms with Crippen molar-refractivity contribution in [2.45, 2.75) is 45.6 Å². The number of nitrogens with one attached hydrogen (secondary N) is 2. The highest BCUT2D eigenvalue weighted by Gasteiger charge is 2.33. The minimum absolute atomic E-state index is 0.640. The van der Waals surface area contributed by atoms with E-state index in [1.54, 1.807) is 7.11 Å². The Kier molecular flexibility index (Phi) is 7.01. The zero-order valence-corrected chi connectivity index (χ0v) is 11.5. The molecule has 0 saturated heterocycles. The highest BCUT2D eigenvalue weighted by Crippen LogP contribution is 2.28. The summed E-state index contributed by atoms with van der Waals surface area (Å²) in [4.78, 5) is 4.58. The Morgan fingerprint density at radius 3 is 2.71 bits per heavy atom. The second kappa shape index (κ2) is 8.34. The van der Waals surface area contributed by atoms with Gasteiger partial charge in [-0.25, -0.2) is 0 Å². The van der Waals surface area contributed by atoms with Crippen LogP contribution in [-0.4, -0.2) is 38.8 Å². The van der Waals surface area contributed by atoms with E-state index in [2.05, 4.69) is 29.5 Å². The zero-order valence-electron chi connectivity index (χ0n) is 11.5. The minimum atomic E-state index is 0.640. The van der Waals surface area contributed by atoms with Crippen LogP contribution in [0.3, 0.4) is 0 Å². The maximum atomic E-state index is 5.02. The van der Waals surface area contributed by atoms with E-state index in [0.29, 0.717) is 6.04 Å². The Labute approximate surface area is 105 Å². The molecular formula is C13H27N3O. The van der Waals surface area contributed by atoms with Gasteiger partial charge in [-0.3, -0.25) is 4.99 Å². The van der Waals surface area contributed by atoms with Gasteiger partial charge >= 0.3 is 0 Å². The predicted octanol–water partition coefficient (Wildman–Crippen LogP) is 1.77. The number of aliphatic imine (C=N–C) groups is 1. The average Bonchev–Trinajstić information content (AvgIpc) is 2.99. The average molecular weight is 241 g/mol. The van der Waals surface area contributed by atoms with Crippen molar-refractivity contribution in [3.8, 4) is 0 Å². The zero-order chi connectivity index (χ0) is 12.5. The van der Waals surface area contributed by atoms with E-state index in [4.69, 9.17) is 4.74 Å². The molecule has 1 aliphatic rings. The van der Waals surface area contributed by atoms with E-state index < -0.39 is 0 Å². The Morgan fingerprint density at radius 1 is 1.35 bits per heavy atom. The first kappa shape index (κ1) is 14.3. The molecule has 2 atom stereocenters. The van der Waals surface area contributed by atoms with Crippen LogP contribution in [-0.2, 0) is 4.74 Å². The lowest BCUT2D eigenvalue weighted by molar-refractivity contribution is 0.192. The van der Waals surface area contributed by atoms with Gasteiger partial charge < -0.3 is 15.4 Å². The van der Waals surface area contributed by atoms with Gasteiger partial charge in [-0.1, -0.05) is 6.92 Å². The molecule has 1 saturated carbocycles. The van der Waals surface area contributed by atoms with Gasteiger partial charge in [0.1, 0.15) is 0 Å². The van der Waals surface area contributed by atoms with Gasteiger partial charge in [0.15, 0.2) is 5.96 Å². The lowest BCUT2D eigenvalue weighted by Crippen LogP contribution is -2.39. The van der Waals surface area contributed by atoms with Gasteiger partial charge in [-0.05, 0) is 38.5 Å². The highest BCUT2D eigenvalue weighted by atomic mass is 16.5. The molecule has 100 valence electrons. The quantitative estimate of drug-likeness (QED) is 0.387. The van der Waals surface area contributed by atoms with Crippen molar-refractivity contribution >= 4 is 5.96 Å². The maximum absolute atomic E-state index is 5.02. The molecule has 17 heavy (non-hydrogen) atoms. The molecule has 0 aromatic rings. The smallest absolute Gasteiger partial charge is 0.191 e. The maximum Gasteiger partial charge on any atom is 0.191 e. The third-order valence-electron chi connectivity index (χ3n) is 3.05. The molecule has 0 aromatic heterocycles. The molecule has 0 aliphatic heterocycles. The van der Waals surface area contributed by atoms with E-state index in [-0.39, 0.29) is 0 Å². The monoisotopic (exact) mass is 241 g/mol. The minimum Gasteiger partial charge on any atom is -0.385 e. The molecule has 1 fully saturated rings. The van der Waals surface area contributed by atoms with Crippen molar-refractivity contribution in [1.29, 1.82) is 0 Å². The Hall–Kier alpha value is -0.770. The number of ether oxygens (including phenoxy) is 1. The van der Waals surface area contributed by atoms with Crippen molar-refractivity contribution in [3.63, 3.8) is 0 Å². The van der Waals surface area contributed by atoms with Gasteiger partial charge in [0.25, 0.3) is 0 Å². The summed E-state index contributed by atoms with van der Waals surface area (Å²) in [6.45, 7) is 7.07. The van der Waals surface area contributed by atoms with E-state index >= 15 is 0 Å². The molecule has 0 bridgehead atoms. The molecule has 2 unspecified atom stereocenters. The second-order valence-electron chi connectivity index (χ2n) is 4.78. The number of hydrogen-bond donors (Lipinski definition) is 2. The normalized spacial score (nSPS) is 23.6. The van der Waals surface area contributed by atoms with Gasteiger partial charge in [-0.2, -0.15) is 0 Å². The second-order valence-corrected chi connectivity index (χ2v) is 4.78. The number of guanidine groups is 1. The number of nitrogens with zero attached hydrogens (tertiary/aromatic N) is 1. The first-order valence-corrected chi connectivity index (χ1v) is 6.81. The first-order valence-electron chi connectivity index (χ1n) is 6.81. The lowest BCUT2D eigenvalue weighted by Gasteiger charge is -2.10. The SMILES string of the molecule is CCNC(=NCCCCCOC)NC1CC1C. The summed E-state index contributed by atoms with van der Waals surface area (Å²) in [5.74, 6) is 1.79. The van der Waals surface area contributed by atoms with Crippen LogP contribution < -0.4 is 10.6 Å². The number of unbranched alkanes of at least 4 members (excludes halogenated alkanes) is 2. The fourth-order valence-corrected chi connectivity index (χ4v) is 1.74. The topological polar surface area (TPSA) is 45.7 Å². The summed E-state index contributed by atoms with van der Waals surface area (Å²) >= 11 is 0. The van der Waals surface area contributed by atoms with E-state index in [1.807, 2.05) is 0 Å². The van der Waals surface area contributed by atoms with E-state index in [1.165, 1.54) is 12.8 Å². The lowest BCUT2D eigenvalue weighted by atomic mass is 10.2. The number of hydrogen-bond acceptors (Lipinski definition) is 2. The van der Waals surface area contributed by atoms with Crippen LogP contribution in [0.15, 0.2) is 4.99 Å². The summed E-state index contributed by atoms with van der Waals surface area (Å²) in [6, 6.07) is 0.640. The molecule has 0 amide bonds. The van der Waals surface area contributed by atoms with Crippen LogP contribution in [0, 0.1) is 5.92 Å². The molecular weight excluding hydrogens is 214 g/mol. The Morgan fingerprint density at radius 2 is 2.12 bits per heavy atom. The van der Waals surface area contributed by atoms with Crippen LogP contribution in [0.1, 0.15) is 39.5 Å². The van der Waals surface area contributed by atoms with Gasteiger partial charge in [-0.15, -0.1) is 0 Å². The van der Waals surface area contributed by atoms with Crippen molar-refractivity contribution in [3.05, 3.63) is 0 Å². The molecule has 0 spiro atoms. The standard InChI is InChI=1S/C13H27N3O/c1-4-14-13(16-12-10-11(12)2)15-8-6-5-7-9-17-3/h11-12H,4-10H2,1-3H3,(H2,14,15,16). The third-order valence-corrected chi connectivity index (χ3v) is 3.05. The predicted molar refractivity (Wildman–Crippen MR) is 72.4 cm³/mol. The summed E-state index contributed by atoms with van der Waals surface area (Å²) in [7, 11) is 1.75. The van der Waals surface area contributed by atoms with Crippen LogP contribution in [0.5, 0.6) is 0 Å². The molecule has 0 aromatic carbocycles. The van der Waals surface area contributed by atoms with Crippen LogP contribution in [0.25, 0.3) is 0 Å². The van der Waals surface area contributed by atoms with Crippen LogP contribution in [0.4, 0.5) is 0 Å². The first-order chi connectivity index (χ1) is 8.27. The third kappa shape index (κ3) is 6.51. The Balaban J connectivity index is 2.12. The fraction of sp³-hybridized carbons (Fsp3) is 0.923. The van der Waals surface area contributed by atoms with Crippen molar-refractivity contribution < 1.29 is 4.74 Å². The van der Waals surface area contributed by atoms with Crippen LogP contribution in [0.2, 0.25) is 0 Å². The largest absolute Gasteiger partial charge is 0.385 e. The molecule has 0 heterocycles. The molecule has 1 aliphatic carbocycles. The van der Waals surface area contributed by atoms with E-state index in [0.717, 1.165) is 44.4 Å². The van der Waals surface area contributed by atoms with Gasteiger partial charge in [0.05, 0.1) is 0 Å². The number of methoxy groups -OCH3 is 1. The summed E-state index contributed by atoms with van der Waals surface area (Å²) in [5.41, 5.74) is 0. The number of rotatable bonds is 8. The van der Waals surface area contributed by atoms with Gasteiger partial charge in [0.2, 0.25) is 0 Å². The molecule has 4 heteroatoms. The van der Waals surface area contributed by atoms with Crippen molar-refractivity contribution in [2.75, 3.05) is 26.8 Å². The van der Waals surface area contributed by atoms with Crippen molar-refractivity contribution in [2.24, 2.45) is 10.9 Å². The summed E-state index contributed by atoms with van der Waals surface area (Å²) in [6.07, 6.45) is 4.74. The molecule has 4 nitrogen and oxygen atoms in total. The molecule has 0 radical (unpaired) electrons.